The van der Waals surface area contributed by atoms with Crippen molar-refractivity contribution in [2.24, 2.45) is 0 Å². The minimum atomic E-state index is 0.540. The molecule has 0 amide bonds. The van der Waals surface area contributed by atoms with Crippen LogP contribution in [0.25, 0.3) is 0 Å². The Balaban J connectivity index is 1.73. The highest BCUT2D eigenvalue weighted by atomic mass is 15.1. The molecule has 3 rings (SSSR count). The summed E-state index contributed by atoms with van der Waals surface area (Å²) in [6.07, 6.45) is 5.90. The van der Waals surface area contributed by atoms with Gasteiger partial charge in [0.1, 0.15) is 5.82 Å². The molecule has 5 heteroatoms. The van der Waals surface area contributed by atoms with Crippen LogP contribution >= 0.6 is 0 Å². The summed E-state index contributed by atoms with van der Waals surface area (Å²) in [5, 5.41) is 3.15. The lowest BCUT2D eigenvalue weighted by Gasteiger charge is -2.28. The van der Waals surface area contributed by atoms with E-state index in [4.69, 9.17) is 0 Å². The number of aromatic nitrogens is 3. The van der Waals surface area contributed by atoms with Crippen LogP contribution in [-0.4, -0.2) is 40.0 Å². The number of likely N-dealkylation sites (tertiary alicyclic amines) is 1. The molecule has 1 aliphatic rings. The normalized spacial score (nSPS) is 17.1. The first-order valence-corrected chi connectivity index (χ1v) is 7.01. The van der Waals surface area contributed by atoms with E-state index in [0.29, 0.717) is 11.9 Å². The molecule has 0 spiro atoms. The predicted molar refractivity (Wildman–Crippen MR) is 79.0 cm³/mol. The molecule has 0 atom stereocenters. The van der Waals surface area contributed by atoms with E-state index in [-0.39, 0.29) is 0 Å². The quantitative estimate of drug-likeness (QED) is 0.927. The minimum absolute atomic E-state index is 0.540. The van der Waals surface area contributed by atoms with E-state index in [1.807, 2.05) is 30.5 Å². The van der Waals surface area contributed by atoms with E-state index in [9.17, 15) is 0 Å². The van der Waals surface area contributed by atoms with Gasteiger partial charge in [0.15, 0.2) is 0 Å². The van der Waals surface area contributed by atoms with Crippen LogP contribution in [0.5, 0.6) is 0 Å². The van der Waals surface area contributed by atoms with Crippen LogP contribution in [0.1, 0.15) is 24.5 Å². The zero-order chi connectivity index (χ0) is 13.8. The summed E-state index contributed by atoms with van der Waals surface area (Å²) < 4.78 is 0. The Morgan fingerprint density at radius 2 is 1.95 bits per heavy atom. The van der Waals surface area contributed by atoms with Gasteiger partial charge in [-0.15, -0.1) is 0 Å². The molecule has 3 heterocycles. The second-order valence-electron chi connectivity index (χ2n) is 5.22. The van der Waals surface area contributed by atoms with Crippen LogP contribution in [0.4, 0.5) is 11.8 Å². The maximum Gasteiger partial charge on any atom is 0.228 e. The van der Waals surface area contributed by atoms with E-state index in [0.717, 1.165) is 37.4 Å². The Hall–Kier alpha value is -2.01. The highest BCUT2D eigenvalue weighted by molar-refractivity contribution is 5.46. The van der Waals surface area contributed by atoms with Crippen LogP contribution in [0, 0.1) is 0 Å². The molecule has 0 saturated carbocycles. The van der Waals surface area contributed by atoms with Crippen LogP contribution in [0.3, 0.4) is 0 Å². The summed E-state index contributed by atoms with van der Waals surface area (Å²) in [6.45, 7) is 2.27. The Morgan fingerprint density at radius 3 is 2.70 bits per heavy atom. The lowest BCUT2D eigenvalue weighted by molar-refractivity contribution is 0.253. The van der Waals surface area contributed by atoms with Gasteiger partial charge in [-0.1, -0.05) is 6.07 Å². The van der Waals surface area contributed by atoms with Crippen LogP contribution in [0.15, 0.2) is 36.7 Å². The van der Waals surface area contributed by atoms with Crippen LogP contribution in [0.2, 0.25) is 0 Å². The maximum absolute atomic E-state index is 4.64. The monoisotopic (exact) mass is 269 g/mol. The number of pyridine rings is 1. The molecule has 1 saturated heterocycles. The highest BCUT2D eigenvalue weighted by Crippen LogP contribution is 2.26. The smallest absolute Gasteiger partial charge is 0.228 e. The second kappa shape index (κ2) is 5.96. The third kappa shape index (κ3) is 3.11. The van der Waals surface area contributed by atoms with E-state index < -0.39 is 0 Å². The van der Waals surface area contributed by atoms with Gasteiger partial charge >= 0.3 is 0 Å². The predicted octanol–water partition coefficient (Wildman–Crippen LogP) is 2.42. The third-order valence-corrected chi connectivity index (χ3v) is 3.72. The van der Waals surface area contributed by atoms with E-state index in [2.05, 4.69) is 32.2 Å². The zero-order valence-corrected chi connectivity index (χ0v) is 11.7. The number of rotatable bonds is 3. The highest BCUT2D eigenvalue weighted by Gasteiger charge is 2.19. The lowest BCUT2D eigenvalue weighted by Crippen LogP contribution is -2.29. The Labute approximate surface area is 119 Å². The molecule has 2 aromatic rings. The van der Waals surface area contributed by atoms with Gasteiger partial charge in [0.25, 0.3) is 0 Å². The molecule has 1 aliphatic heterocycles. The van der Waals surface area contributed by atoms with Crippen molar-refractivity contribution in [2.75, 3.05) is 25.5 Å². The van der Waals surface area contributed by atoms with E-state index in [1.165, 1.54) is 0 Å². The summed E-state index contributed by atoms with van der Waals surface area (Å²) in [7, 11) is 2.17. The van der Waals surface area contributed by atoms with E-state index >= 15 is 0 Å². The summed E-state index contributed by atoms with van der Waals surface area (Å²) in [4.78, 5) is 15.5. The molecule has 0 unspecified atom stereocenters. The maximum atomic E-state index is 4.64. The standard InChI is InChI=1S/C15H19N5/c1-20-10-6-12(7-11-20)13-5-9-17-15(18-13)19-14-4-2-3-8-16-14/h2-5,8-9,12H,6-7,10-11H2,1H3,(H,16,17,18,19). The Morgan fingerprint density at radius 1 is 1.10 bits per heavy atom. The molecule has 0 radical (unpaired) electrons. The van der Waals surface area contributed by atoms with Gasteiger partial charge in [0.05, 0.1) is 0 Å². The second-order valence-corrected chi connectivity index (χ2v) is 5.22. The van der Waals surface area contributed by atoms with Gasteiger partial charge in [-0.2, -0.15) is 0 Å². The first-order valence-electron chi connectivity index (χ1n) is 7.01. The fourth-order valence-electron chi connectivity index (χ4n) is 2.52. The fraction of sp³-hybridized carbons (Fsp3) is 0.400. The SMILES string of the molecule is CN1CCC(c2ccnc(Nc3ccccn3)n2)CC1. The number of hydrogen-bond acceptors (Lipinski definition) is 5. The first-order chi connectivity index (χ1) is 9.81. The number of nitrogens with one attached hydrogen (secondary N) is 1. The van der Waals surface area contributed by atoms with Gasteiger partial charge in [-0.25, -0.2) is 15.0 Å². The molecule has 0 aromatic carbocycles. The fourth-order valence-corrected chi connectivity index (χ4v) is 2.52. The largest absolute Gasteiger partial charge is 0.309 e. The summed E-state index contributed by atoms with van der Waals surface area (Å²) in [6, 6.07) is 7.77. The van der Waals surface area contributed by atoms with Gasteiger partial charge in [0.2, 0.25) is 5.95 Å². The molecular formula is C15H19N5. The molecule has 104 valence electrons. The molecule has 1 N–H and O–H groups in total. The zero-order valence-electron chi connectivity index (χ0n) is 11.7. The van der Waals surface area contributed by atoms with Gasteiger partial charge in [-0.05, 0) is 51.2 Å². The third-order valence-electron chi connectivity index (χ3n) is 3.72. The van der Waals surface area contributed by atoms with Crippen molar-refractivity contribution in [1.82, 2.24) is 19.9 Å². The molecule has 2 aromatic heterocycles. The van der Waals surface area contributed by atoms with Crippen molar-refractivity contribution >= 4 is 11.8 Å². The van der Waals surface area contributed by atoms with Crippen LogP contribution < -0.4 is 5.32 Å². The van der Waals surface area contributed by atoms with Gasteiger partial charge in [0, 0.05) is 24.0 Å². The van der Waals surface area contributed by atoms with Crippen LogP contribution in [-0.2, 0) is 0 Å². The molecular weight excluding hydrogens is 250 g/mol. The summed E-state index contributed by atoms with van der Waals surface area (Å²) in [5.74, 6) is 1.94. The lowest BCUT2D eigenvalue weighted by atomic mass is 9.94. The summed E-state index contributed by atoms with van der Waals surface area (Å²) >= 11 is 0. The molecule has 20 heavy (non-hydrogen) atoms. The average molecular weight is 269 g/mol. The molecule has 0 aliphatic carbocycles. The molecule has 1 fully saturated rings. The van der Waals surface area contributed by atoms with Gasteiger partial charge < -0.3 is 10.2 Å². The Bertz CT molecular complexity index is 549. The first kappa shape index (κ1) is 13.0. The van der Waals surface area contributed by atoms with Crippen molar-refractivity contribution < 1.29 is 0 Å². The summed E-state index contributed by atoms with van der Waals surface area (Å²) in [5.41, 5.74) is 1.13. The average Bonchev–Trinajstić information content (AvgIpc) is 2.49. The Kier molecular flexibility index (Phi) is 3.87. The minimum Gasteiger partial charge on any atom is -0.309 e. The number of piperidine rings is 1. The van der Waals surface area contributed by atoms with Gasteiger partial charge in [-0.3, -0.25) is 0 Å². The molecule has 0 bridgehead atoms. The topological polar surface area (TPSA) is 53.9 Å². The van der Waals surface area contributed by atoms with Crippen molar-refractivity contribution in [1.29, 1.82) is 0 Å². The van der Waals surface area contributed by atoms with Crippen molar-refractivity contribution in [3.63, 3.8) is 0 Å². The van der Waals surface area contributed by atoms with Crippen molar-refractivity contribution in [2.45, 2.75) is 18.8 Å². The van der Waals surface area contributed by atoms with Crippen molar-refractivity contribution in [3.05, 3.63) is 42.4 Å². The van der Waals surface area contributed by atoms with Crippen molar-refractivity contribution in [3.8, 4) is 0 Å². The van der Waals surface area contributed by atoms with E-state index in [1.54, 1.807) is 6.20 Å². The molecule has 5 nitrogen and oxygen atoms in total. The number of anilines is 2. The number of hydrogen-bond donors (Lipinski definition) is 1. The number of nitrogens with zero attached hydrogens (tertiary/aromatic N) is 4.